The summed E-state index contributed by atoms with van der Waals surface area (Å²) in [4.78, 5) is 0. The van der Waals surface area contributed by atoms with Gasteiger partial charge in [-0.15, -0.1) is 17.5 Å². The molecule has 0 radical (unpaired) electrons. The number of fused-ring (bicyclic) bond motifs is 3. The third kappa shape index (κ3) is 4.14. The first-order valence-corrected chi connectivity index (χ1v) is 10.1. The summed E-state index contributed by atoms with van der Waals surface area (Å²) in [5.41, 5.74) is 15.3. The van der Waals surface area contributed by atoms with Crippen LogP contribution in [0.3, 0.4) is 0 Å². The topological polar surface area (TPSA) is 0 Å². The summed E-state index contributed by atoms with van der Waals surface area (Å²) in [6.07, 6.45) is 8.52. The fourth-order valence-electron chi connectivity index (χ4n) is 4.49. The number of benzene rings is 1. The Labute approximate surface area is 185 Å². The first kappa shape index (κ1) is 22.5. The van der Waals surface area contributed by atoms with Crippen molar-refractivity contribution in [3.63, 3.8) is 0 Å². The maximum Gasteiger partial charge on any atom is 0 e. The second-order valence-electron chi connectivity index (χ2n) is 9.19. The van der Waals surface area contributed by atoms with Crippen molar-refractivity contribution in [2.24, 2.45) is 5.41 Å². The molecule has 2 aliphatic carbocycles. The largest absolute Gasteiger partial charge is 0.268 e. The van der Waals surface area contributed by atoms with Crippen molar-refractivity contribution in [3.05, 3.63) is 68.3 Å². The molecule has 0 heterocycles. The molecule has 0 aromatic heterocycles. The molecule has 0 bridgehead atoms. The summed E-state index contributed by atoms with van der Waals surface area (Å²) in [5.74, 6) is 0. The maximum atomic E-state index is 3.61. The monoisotopic (exact) mass is 526 g/mol. The van der Waals surface area contributed by atoms with E-state index in [-0.39, 0.29) is 31.3 Å². The van der Waals surface area contributed by atoms with Crippen LogP contribution in [0, 0.1) is 46.1 Å². The summed E-state index contributed by atoms with van der Waals surface area (Å²) in [6, 6.07) is 4.67. The van der Waals surface area contributed by atoms with Crippen LogP contribution in [0.1, 0.15) is 77.3 Å². The Morgan fingerprint density at radius 3 is 1.93 bits per heavy atom. The minimum Gasteiger partial charge on any atom is -0.268 e. The molecule has 2 aliphatic rings. The van der Waals surface area contributed by atoms with Crippen molar-refractivity contribution in [2.75, 3.05) is 0 Å². The van der Waals surface area contributed by atoms with E-state index >= 15 is 0 Å². The van der Waals surface area contributed by atoms with Crippen LogP contribution in [0.4, 0.5) is 0 Å². The van der Waals surface area contributed by atoms with E-state index in [2.05, 4.69) is 73.6 Å². The Morgan fingerprint density at radius 2 is 1.44 bits per heavy atom. The third-order valence-corrected chi connectivity index (χ3v) is 6.64. The molecule has 0 aliphatic heterocycles. The van der Waals surface area contributed by atoms with Gasteiger partial charge >= 0.3 is 0 Å². The average Bonchev–Trinajstić information content (AvgIpc) is 3.26. The standard InChI is InChI=1S/C16H19.C10H15.Hf/c1-16(2,3)14-10-9-12-8-7-11-5-4-6-13(11)15(12)14;1-6-7(2)9(4)10(5)8(6)3;/h7-8H,4-6,9H2,1-3H3;1-5H3;/q2*-1;. The quantitative estimate of drug-likeness (QED) is 0.259. The van der Waals surface area contributed by atoms with Gasteiger partial charge in [0.05, 0.1) is 0 Å². The fraction of sp³-hybridized carbons (Fsp3) is 0.500. The van der Waals surface area contributed by atoms with Crippen molar-refractivity contribution in [3.8, 4) is 0 Å². The Kier molecular flexibility index (Phi) is 6.89. The Morgan fingerprint density at radius 1 is 0.889 bits per heavy atom. The second-order valence-corrected chi connectivity index (χ2v) is 9.19. The number of aryl methyl sites for hydroxylation is 1. The van der Waals surface area contributed by atoms with Gasteiger partial charge in [-0.05, 0) is 24.7 Å². The van der Waals surface area contributed by atoms with E-state index in [1.807, 2.05) is 0 Å². The number of hydrogen-bond donors (Lipinski definition) is 0. The van der Waals surface area contributed by atoms with E-state index in [9.17, 15) is 0 Å². The minimum absolute atomic E-state index is 0. The molecule has 0 fully saturated rings. The van der Waals surface area contributed by atoms with Crippen molar-refractivity contribution >= 4 is 5.57 Å². The zero-order valence-corrected chi connectivity index (χ0v) is 22.1. The molecule has 1 heteroatoms. The molecule has 27 heavy (non-hydrogen) atoms. The molecule has 0 amide bonds. The molecular formula is C26H34Hf-2. The number of allylic oxidation sites excluding steroid dienone is 2. The minimum atomic E-state index is 0. The molecule has 2 aromatic rings. The van der Waals surface area contributed by atoms with Crippen LogP contribution in [0.5, 0.6) is 0 Å². The average molecular weight is 525 g/mol. The molecule has 0 nitrogen and oxygen atoms in total. The smallest absolute Gasteiger partial charge is 0 e. The first-order chi connectivity index (χ1) is 12.1. The molecule has 4 rings (SSSR count). The van der Waals surface area contributed by atoms with Gasteiger partial charge < -0.3 is 0 Å². The number of hydrogen-bond acceptors (Lipinski definition) is 0. The van der Waals surface area contributed by atoms with Gasteiger partial charge in [0, 0.05) is 25.8 Å². The van der Waals surface area contributed by atoms with Gasteiger partial charge in [0.1, 0.15) is 0 Å². The zero-order valence-electron chi connectivity index (χ0n) is 18.5. The number of rotatable bonds is 0. The van der Waals surface area contributed by atoms with E-state index in [4.69, 9.17) is 0 Å². The summed E-state index contributed by atoms with van der Waals surface area (Å²) in [7, 11) is 0. The van der Waals surface area contributed by atoms with Crippen molar-refractivity contribution in [1.29, 1.82) is 0 Å². The Hall–Kier alpha value is -0.820. The van der Waals surface area contributed by atoms with Gasteiger partial charge in [0.25, 0.3) is 0 Å². The molecule has 0 atom stereocenters. The van der Waals surface area contributed by atoms with Crippen LogP contribution in [0.15, 0.2) is 12.1 Å². The van der Waals surface area contributed by atoms with Crippen molar-refractivity contribution in [2.45, 2.75) is 81.1 Å². The predicted octanol–water partition coefficient (Wildman–Crippen LogP) is 6.91. The molecule has 2 aromatic carbocycles. The van der Waals surface area contributed by atoms with E-state index in [0.29, 0.717) is 0 Å². The van der Waals surface area contributed by atoms with Crippen LogP contribution < -0.4 is 0 Å². The summed E-state index contributed by atoms with van der Waals surface area (Å²) in [5, 5.41) is 0. The van der Waals surface area contributed by atoms with Gasteiger partial charge in [0.2, 0.25) is 0 Å². The molecule has 0 saturated heterocycles. The normalized spacial score (nSPS) is 14.7. The van der Waals surface area contributed by atoms with Crippen LogP contribution in [-0.4, -0.2) is 0 Å². The summed E-state index contributed by atoms with van der Waals surface area (Å²) < 4.78 is 0. The molecule has 0 spiro atoms. The molecule has 144 valence electrons. The molecule has 0 N–H and O–H groups in total. The summed E-state index contributed by atoms with van der Waals surface area (Å²) in [6.45, 7) is 17.9. The van der Waals surface area contributed by atoms with Crippen LogP contribution >= 0.6 is 0 Å². The fourth-order valence-corrected chi connectivity index (χ4v) is 4.49. The van der Waals surface area contributed by atoms with Crippen LogP contribution in [-0.2, 0) is 45.1 Å². The molecular weight excluding hydrogens is 491 g/mol. The van der Waals surface area contributed by atoms with Crippen molar-refractivity contribution < 1.29 is 25.8 Å². The summed E-state index contributed by atoms with van der Waals surface area (Å²) >= 11 is 0. The van der Waals surface area contributed by atoms with Gasteiger partial charge in [-0.3, -0.25) is 6.08 Å². The van der Waals surface area contributed by atoms with E-state index < -0.39 is 0 Å². The third-order valence-electron chi connectivity index (χ3n) is 6.64. The second kappa shape index (κ2) is 8.27. The van der Waals surface area contributed by atoms with Crippen LogP contribution in [0.2, 0.25) is 0 Å². The molecule has 0 saturated carbocycles. The molecule has 0 unspecified atom stereocenters. The van der Waals surface area contributed by atoms with Crippen LogP contribution in [0.25, 0.3) is 5.57 Å². The maximum absolute atomic E-state index is 3.61. The Balaban J connectivity index is 0.000000208. The van der Waals surface area contributed by atoms with Gasteiger partial charge in [-0.25, -0.2) is 5.57 Å². The van der Waals surface area contributed by atoms with E-state index in [1.165, 1.54) is 58.2 Å². The Bertz CT molecular complexity index is 789. The predicted molar refractivity (Wildman–Crippen MR) is 114 cm³/mol. The van der Waals surface area contributed by atoms with Gasteiger partial charge in [0.15, 0.2) is 0 Å². The van der Waals surface area contributed by atoms with Gasteiger partial charge in [-0.2, -0.15) is 33.4 Å². The zero-order chi connectivity index (χ0) is 19.2. The first-order valence-electron chi connectivity index (χ1n) is 10.1. The van der Waals surface area contributed by atoms with E-state index in [0.717, 1.165) is 6.42 Å². The SMILES string of the molecule is CC(C)(C)C1=[C-]Cc2ccc3c(c21)CCC3.Cc1c(C)c(C)[c-](C)c1C.[Hf]. The van der Waals surface area contributed by atoms with Gasteiger partial charge in [-0.1, -0.05) is 73.1 Å². The van der Waals surface area contributed by atoms with Crippen molar-refractivity contribution in [1.82, 2.24) is 0 Å². The van der Waals surface area contributed by atoms with E-state index in [1.54, 1.807) is 16.7 Å².